The molecule has 0 aliphatic carbocycles. The number of para-hydroxylation sites is 1. The summed E-state index contributed by atoms with van der Waals surface area (Å²) in [6.07, 6.45) is 0. The van der Waals surface area contributed by atoms with E-state index in [9.17, 15) is 4.39 Å². The van der Waals surface area contributed by atoms with E-state index >= 15 is 0 Å². The van der Waals surface area contributed by atoms with Crippen LogP contribution < -0.4 is 5.73 Å². The molecule has 0 aliphatic heterocycles. The molecule has 0 aliphatic rings. The molecule has 0 spiro atoms. The molecule has 0 saturated carbocycles. The Morgan fingerprint density at radius 3 is 1.95 bits per heavy atom. The van der Waals surface area contributed by atoms with Crippen LogP contribution in [0.5, 0.6) is 0 Å². The van der Waals surface area contributed by atoms with Gasteiger partial charge in [0.05, 0.1) is 5.69 Å². The number of halogens is 1. The first-order valence-corrected chi connectivity index (χ1v) is 6.46. The lowest BCUT2D eigenvalue weighted by atomic mass is 9.94. The predicted molar refractivity (Wildman–Crippen MR) is 81.7 cm³/mol. The van der Waals surface area contributed by atoms with Gasteiger partial charge in [-0.05, 0) is 22.8 Å². The van der Waals surface area contributed by atoms with Crippen LogP contribution in [0, 0.1) is 5.82 Å². The Hall–Kier alpha value is -2.61. The van der Waals surface area contributed by atoms with Gasteiger partial charge in [-0.3, -0.25) is 0 Å². The first-order valence-electron chi connectivity index (χ1n) is 6.46. The lowest BCUT2D eigenvalue weighted by molar-refractivity contribution is 0.633. The van der Waals surface area contributed by atoms with Gasteiger partial charge in [-0.25, -0.2) is 4.39 Å². The highest BCUT2D eigenvalue weighted by atomic mass is 19.1. The summed E-state index contributed by atoms with van der Waals surface area (Å²) in [6.45, 7) is 0. The van der Waals surface area contributed by atoms with Crippen LogP contribution >= 0.6 is 0 Å². The van der Waals surface area contributed by atoms with Gasteiger partial charge in [-0.2, -0.15) is 0 Å². The monoisotopic (exact) mass is 263 g/mol. The standard InChI is InChI=1S/C18H14FN/c19-17-12-6-11-16(18(17)20)15-10-5-4-9-14(15)13-7-2-1-3-8-13/h1-12H,20H2. The van der Waals surface area contributed by atoms with Gasteiger partial charge in [-0.1, -0.05) is 66.7 Å². The van der Waals surface area contributed by atoms with Crippen molar-refractivity contribution in [1.82, 2.24) is 0 Å². The third kappa shape index (κ3) is 2.16. The van der Waals surface area contributed by atoms with Crippen molar-refractivity contribution < 1.29 is 4.39 Å². The van der Waals surface area contributed by atoms with Gasteiger partial charge >= 0.3 is 0 Å². The minimum absolute atomic E-state index is 0.191. The smallest absolute Gasteiger partial charge is 0.146 e. The van der Waals surface area contributed by atoms with Crippen molar-refractivity contribution in [2.75, 3.05) is 5.73 Å². The van der Waals surface area contributed by atoms with Gasteiger partial charge < -0.3 is 5.73 Å². The summed E-state index contributed by atoms with van der Waals surface area (Å²) in [5.41, 5.74) is 9.88. The molecule has 0 saturated heterocycles. The zero-order chi connectivity index (χ0) is 13.9. The zero-order valence-electron chi connectivity index (χ0n) is 10.9. The Bertz CT molecular complexity index is 735. The molecule has 2 N–H and O–H groups in total. The molecule has 0 bridgehead atoms. The molecule has 20 heavy (non-hydrogen) atoms. The summed E-state index contributed by atoms with van der Waals surface area (Å²) < 4.78 is 13.7. The third-order valence-corrected chi connectivity index (χ3v) is 3.35. The Balaban J connectivity index is 2.23. The Kier molecular flexibility index (Phi) is 3.21. The van der Waals surface area contributed by atoms with Crippen molar-refractivity contribution in [3.05, 3.63) is 78.6 Å². The van der Waals surface area contributed by atoms with Crippen LogP contribution in [0.2, 0.25) is 0 Å². The maximum absolute atomic E-state index is 13.7. The quantitative estimate of drug-likeness (QED) is 0.664. The number of hydrogen-bond acceptors (Lipinski definition) is 1. The van der Waals surface area contributed by atoms with Crippen molar-refractivity contribution in [2.24, 2.45) is 0 Å². The van der Waals surface area contributed by atoms with Crippen molar-refractivity contribution in [2.45, 2.75) is 0 Å². The molecule has 0 radical (unpaired) electrons. The number of hydrogen-bond donors (Lipinski definition) is 1. The first kappa shape index (κ1) is 12.4. The number of benzene rings is 3. The zero-order valence-corrected chi connectivity index (χ0v) is 10.9. The minimum Gasteiger partial charge on any atom is -0.396 e. The molecule has 98 valence electrons. The minimum atomic E-state index is -0.384. The molecular weight excluding hydrogens is 249 g/mol. The molecule has 0 atom stereocenters. The fourth-order valence-electron chi connectivity index (χ4n) is 2.36. The van der Waals surface area contributed by atoms with Gasteiger partial charge in [0, 0.05) is 5.56 Å². The summed E-state index contributed by atoms with van der Waals surface area (Å²) in [6, 6.07) is 22.8. The molecule has 0 unspecified atom stereocenters. The van der Waals surface area contributed by atoms with E-state index in [0.29, 0.717) is 0 Å². The van der Waals surface area contributed by atoms with Gasteiger partial charge in [-0.15, -0.1) is 0 Å². The van der Waals surface area contributed by atoms with Crippen LogP contribution in [0.3, 0.4) is 0 Å². The largest absolute Gasteiger partial charge is 0.396 e. The Morgan fingerprint density at radius 2 is 1.20 bits per heavy atom. The molecule has 0 amide bonds. The second kappa shape index (κ2) is 5.17. The molecule has 3 rings (SSSR count). The molecule has 2 heteroatoms. The molecule has 0 fully saturated rings. The molecule has 3 aromatic carbocycles. The first-order chi connectivity index (χ1) is 9.77. The maximum atomic E-state index is 13.7. The second-order valence-corrected chi connectivity index (χ2v) is 4.61. The number of nitrogen functional groups attached to an aromatic ring is 1. The average molecular weight is 263 g/mol. The second-order valence-electron chi connectivity index (χ2n) is 4.61. The molecule has 3 aromatic rings. The fourth-order valence-corrected chi connectivity index (χ4v) is 2.36. The van der Waals surface area contributed by atoms with Gasteiger partial charge in [0.1, 0.15) is 5.82 Å². The van der Waals surface area contributed by atoms with Gasteiger partial charge in [0.2, 0.25) is 0 Å². The lowest BCUT2D eigenvalue weighted by Gasteiger charge is -2.12. The summed E-state index contributed by atoms with van der Waals surface area (Å²) in [5.74, 6) is -0.384. The van der Waals surface area contributed by atoms with E-state index in [4.69, 9.17) is 5.73 Å². The summed E-state index contributed by atoms with van der Waals surface area (Å²) in [4.78, 5) is 0. The van der Waals surface area contributed by atoms with E-state index in [1.165, 1.54) is 6.07 Å². The van der Waals surface area contributed by atoms with E-state index in [1.54, 1.807) is 6.07 Å². The lowest BCUT2D eigenvalue weighted by Crippen LogP contribution is -1.95. The maximum Gasteiger partial charge on any atom is 0.146 e. The van der Waals surface area contributed by atoms with Crippen LogP contribution in [0.15, 0.2) is 72.8 Å². The average Bonchev–Trinajstić information content (AvgIpc) is 2.51. The topological polar surface area (TPSA) is 26.0 Å². The van der Waals surface area contributed by atoms with E-state index in [-0.39, 0.29) is 11.5 Å². The molecular formula is C18H14FN. The third-order valence-electron chi connectivity index (χ3n) is 3.35. The van der Waals surface area contributed by atoms with E-state index < -0.39 is 0 Å². The van der Waals surface area contributed by atoms with E-state index in [2.05, 4.69) is 0 Å². The predicted octanol–water partition coefficient (Wildman–Crippen LogP) is 4.74. The summed E-state index contributed by atoms with van der Waals surface area (Å²) in [5, 5.41) is 0. The van der Waals surface area contributed by atoms with Crippen molar-refractivity contribution >= 4 is 5.69 Å². The van der Waals surface area contributed by atoms with Crippen LogP contribution in [-0.4, -0.2) is 0 Å². The number of nitrogens with two attached hydrogens (primary N) is 1. The SMILES string of the molecule is Nc1c(F)cccc1-c1ccccc1-c1ccccc1. The van der Waals surface area contributed by atoms with Gasteiger partial charge in [0.25, 0.3) is 0 Å². The van der Waals surface area contributed by atoms with Crippen molar-refractivity contribution in [3.8, 4) is 22.3 Å². The number of rotatable bonds is 2. The molecule has 0 aromatic heterocycles. The van der Waals surface area contributed by atoms with Crippen molar-refractivity contribution in [1.29, 1.82) is 0 Å². The van der Waals surface area contributed by atoms with Crippen LogP contribution in [0.1, 0.15) is 0 Å². The van der Waals surface area contributed by atoms with Gasteiger partial charge in [0.15, 0.2) is 0 Å². The summed E-state index contributed by atoms with van der Waals surface area (Å²) >= 11 is 0. The normalized spacial score (nSPS) is 10.4. The molecule has 1 nitrogen and oxygen atoms in total. The highest BCUT2D eigenvalue weighted by molar-refractivity contribution is 5.88. The van der Waals surface area contributed by atoms with E-state index in [0.717, 1.165) is 22.3 Å². The summed E-state index contributed by atoms with van der Waals surface area (Å²) in [7, 11) is 0. The van der Waals surface area contributed by atoms with Crippen LogP contribution in [0.4, 0.5) is 10.1 Å². The number of anilines is 1. The Labute approximate surface area is 117 Å². The van der Waals surface area contributed by atoms with Crippen LogP contribution in [0.25, 0.3) is 22.3 Å². The highest BCUT2D eigenvalue weighted by Gasteiger charge is 2.11. The Morgan fingerprint density at radius 1 is 0.600 bits per heavy atom. The van der Waals surface area contributed by atoms with Crippen molar-refractivity contribution in [3.63, 3.8) is 0 Å². The van der Waals surface area contributed by atoms with E-state index in [1.807, 2.05) is 60.7 Å². The fraction of sp³-hybridized carbons (Fsp3) is 0. The highest BCUT2D eigenvalue weighted by Crippen LogP contribution is 2.35. The van der Waals surface area contributed by atoms with Crippen LogP contribution in [-0.2, 0) is 0 Å². The molecule has 0 heterocycles.